The van der Waals surface area contributed by atoms with Crippen LogP contribution in [0.25, 0.3) is 0 Å². The summed E-state index contributed by atoms with van der Waals surface area (Å²) >= 11 is 0. The van der Waals surface area contributed by atoms with Crippen molar-refractivity contribution in [2.75, 3.05) is 11.9 Å². The molecule has 0 aliphatic carbocycles. The molecular weight excluding hydrogens is 166 g/mol. The molecule has 70 valence electrons. The summed E-state index contributed by atoms with van der Waals surface area (Å²) in [5.74, 6) is -0.300. The molecule has 1 amide bonds. The Labute approximate surface area is 77.6 Å². The van der Waals surface area contributed by atoms with Gasteiger partial charge in [0, 0.05) is 12.7 Å². The minimum absolute atomic E-state index is 0.300. The summed E-state index contributed by atoms with van der Waals surface area (Å²) in [6.07, 6.45) is -0.954. The molecule has 0 fully saturated rings. The van der Waals surface area contributed by atoms with E-state index in [0.29, 0.717) is 0 Å². The number of anilines is 1. The summed E-state index contributed by atoms with van der Waals surface area (Å²) < 4.78 is 0. The van der Waals surface area contributed by atoms with E-state index in [-0.39, 0.29) is 5.91 Å². The SMILES string of the molecule is C[C@@H](O)C(=O)N(C)c1ccccc1. The normalized spacial score (nSPS) is 12.2. The van der Waals surface area contributed by atoms with Gasteiger partial charge in [-0.05, 0) is 19.1 Å². The maximum atomic E-state index is 11.3. The van der Waals surface area contributed by atoms with Crippen LogP contribution in [0.2, 0.25) is 0 Å². The van der Waals surface area contributed by atoms with Crippen LogP contribution in [0.5, 0.6) is 0 Å². The van der Waals surface area contributed by atoms with Gasteiger partial charge in [-0.15, -0.1) is 0 Å². The van der Waals surface area contributed by atoms with Crippen molar-refractivity contribution in [2.45, 2.75) is 13.0 Å². The Bertz CT molecular complexity index is 282. The van der Waals surface area contributed by atoms with E-state index in [4.69, 9.17) is 5.11 Å². The van der Waals surface area contributed by atoms with Gasteiger partial charge in [-0.3, -0.25) is 4.79 Å². The molecular formula is C10H13NO2. The van der Waals surface area contributed by atoms with E-state index < -0.39 is 6.10 Å². The first-order chi connectivity index (χ1) is 6.13. The summed E-state index contributed by atoms with van der Waals surface area (Å²) in [6.45, 7) is 1.46. The lowest BCUT2D eigenvalue weighted by Crippen LogP contribution is -2.34. The van der Waals surface area contributed by atoms with Gasteiger partial charge in [0.25, 0.3) is 5.91 Å². The summed E-state index contributed by atoms with van der Waals surface area (Å²) in [5.41, 5.74) is 0.786. The summed E-state index contributed by atoms with van der Waals surface area (Å²) in [5, 5.41) is 9.06. The molecule has 0 radical (unpaired) electrons. The van der Waals surface area contributed by atoms with Crippen LogP contribution < -0.4 is 4.90 Å². The average Bonchev–Trinajstić information content (AvgIpc) is 2.17. The number of nitrogens with zero attached hydrogens (tertiary/aromatic N) is 1. The third-order valence-electron chi connectivity index (χ3n) is 1.83. The zero-order valence-electron chi connectivity index (χ0n) is 7.77. The van der Waals surface area contributed by atoms with E-state index in [1.807, 2.05) is 30.3 Å². The summed E-state index contributed by atoms with van der Waals surface area (Å²) in [7, 11) is 1.64. The van der Waals surface area contributed by atoms with Crippen LogP contribution >= 0.6 is 0 Å². The number of amides is 1. The second-order valence-electron chi connectivity index (χ2n) is 2.91. The number of benzene rings is 1. The second kappa shape index (κ2) is 4.05. The van der Waals surface area contributed by atoms with E-state index in [2.05, 4.69) is 0 Å². The average molecular weight is 179 g/mol. The van der Waals surface area contributed by atoms with E-state index >= 15 is 0 Å². The van der Waals surface area contributed by atoms with Gasteiger partial charge in [0.15, 0.2) is 0 Å². The first-order valence-electron chi connectivity index (χ1n) is 4.13. The van der Waals surface area contributed by atoms with E-state index in [1.54, 1.807) is 7.05 Å². The van der Waals surface area contributed by atoms with Crippen molar-refractivity contribution >= 4 is 11.6 Å². The predicted molar refractivity (Wildman–Crippen MR) is 51.5 cm³/mol. The highest BCUT2D eigenvalue weighted by Gasteiger charge is 2.15. The monoisotopic (exact) mass is 179 g/mol. The van der Waals surface area contributed by atoms with Crippen LogP contribution in [-0.4, -0.2) is 24.2 Å². The third-order valence-corrected chi connectivity index (χ3v) is 1.83. The van der Waals surface area contributed by atoms with Crippen molar-refractivity contribution in [1.82, 2.24) is 0 Å². The number of hydrogen-bond acceptors (Lipinski definition) is 2. The maximum absolute atomic E-state index is 11.3. The zero-order chi connectivity index (χ0) is 9.84. The van der Waals surface area contributed by atoms with Crippen molar-refractivity contribution in [3.8, 4) is 0 Å². The first kappa shape index (κ1) is 9.74. The molecule has 1 aromatic carbocycles. The standard InChI is InChI=1S/C10H13NO2/c1-8(12)10(13)11(2)9-6-4-3-5-7-9/h3-8,12H,1-2H3/t8-/m1/s1. The first-order valence-corrected chi connectivity index (χ1v) is 4.13. The molecule has 0 saturated heterocycles. The summed E-state index contributed by atoms with van der Waals surface area (Å²) in [6, 6.07) is 9.22. The van der Waals surface area contributed by atoms with Crippen molar-refractivity contribution in [1.29, 1.82) is 0 Å². The Morgan fingerprint density at radius 3 is 2.38 bits per heavy atom. The Hall–Kier alpha value is -1.35. The molecule has 1 atom stereocenters. The molecule has 0 spiro atoms. The number of carbonyl (C=O) groups is 1. The highest BCUT2D eigenvalue weighted by Crippen LogP contribution is 2.11. The number of para-hydroxylation sites is 1. The molecule has 1 N–H and O–H groups in total. The number of rotatable bonds is 2. The molecule has 3 nitrogen and oxygen atoms in total. The Kier molecular flexibility index (Phi) is 3.03. The maximum Gasteiger partial charge on any atom is 0.255 e. The molecule has 0 aliphatic rings. The molecule has 0 saturated carbocycles. The van der Waals surface area contributed by atoms with Crippen LogP contribution in [-0.2, 0) is 4.79 Å². The Morgan fingerprint density at radius 1 is 1.38 bits per heavy atom. The fourth-order valence-corrected chi connectivity index (χ4v) is 1.06. The van der Waals surface area contributed by atoms with Crippen molar-refractivity contribution in [3.05, 3.63) is 30.3 Å². The fraction of sp³-hybridized carbons (Fsp3) is 0.300. The van der Waals surface area contributed by atoms with Gasteiger partial charge in [0.1, 0.15) is 6.10 Å². The lowest BCUT2D eigenvalue weighted by molar-refractivity contribution is -0.125. The van der Waals surface area contributed by atoms with Crippen LogP contribution in [0.4, 0.5) is 5.69 Å². The molecule has 3 heteroatoms. The van der Waals surface area contributed by atoms with E-state index in [0.717, 1.165) is 5.69 Å². The Balaban J connectivity index is 2.80. The van der Waals surface area contributed by atoms with Crippen LogP contribution in [0.3, 0.4) is 0 Å². The zero-order valence-corrected chi connectivity index (χ0v) is 7.77. The van der Waals surface area contributed by atoms with Gasteiger partial charge in [-0.1, -0.05) is 18.2 Å². The van der Waals surface area contributed by atoms with Crippen LogP contribution in [0, 0.1) is 0 Å². The highest BCUT2D eigenvalue weighted by atomic mass is 16.3. The smallest absolute Gasteiger partial charge is 0.255 e. The largest absolute Gasteiger partial charge is 0.384 e. The van der Waals surface area contributed by atoms with Gasteiger partial charge in [-0.2, -0.15) is 0 Å². The number of likely N-dealkylation sites (N-methyl/N-ethyl adjacent to an activating group) is 1. The topological polar surface area (TPSA) is 40.5 Å². The van der Waals surface area contributed by atoms with Crippen LogP contribution in [0.15, 0.2) is 30.3 Å². The van der Waals surface area contributed by atoms with E-state index in [1.165, 1.54) is 11.8 Å². The number of aliphatic hydroxyl groups excluding tert-OH is 1. The summed E-state index contributed by atoms with van der Waals surface area (Å²) in [4.78, 5) is 12.8. The molecule has 0 heterocycles. The van der Waals surface area contributed by atoms with Gasteiger partial charge >= 0.3 is 0 Å². The van der Waals surface area contributed by atoms with Crippen molar-refractivity contribution in [2.24, 2.45) is 0 Å². The molecule has 0 unspecified atom stereocenters. The fourth-order valence-electron chi connectivity index (χ4n) is 1.06. The highest BCUT2D eigenvalue weighted by molar-refractivity contribution is 5.95. The number of carbonyl (C=O) groups excluding carboxylic acids is 1. The van der Waals surface area contributed by atoms with Gasteiger partial charge < -0.3 is 10.0 Å². The van der Waals surface area contributed by atoms with Crippen molar-refractivity contribution in [3.63, 3.8) is 0 Å². The van der Waals surface area contributed by atoms with Gasteiger partial charge in [-0.25, -0.2) is 0 Å². The number of hydrogen-bond donors (Lipinski definition) is 1. The minimum Gasteiger partial charge on any atom is -0.384 e. The second-order valence-corrected chi connectivity index (χ2v) is 2.91. The van der Waals surface area contributed by atoms with Gasteiger partial charge in [0.05, 0.1) is 0 Å². The molecule has 0 aromatic heterocycles. The quantitative estimate of drug-likeness (QED) is 0.736. The minimum atomic E-state index is -0.954. The lowest BCUT2D eigenvalue weighted by atomic mass is 10.2. The predicted octanol–water partition coefficient (Wildman–Crippen LogP) is 1.03. The molecule has 1 rings (SSSR count). The lowest BCUT2D eigenvalue weighted by Gasteiger charge is -2.18. The molecule has 13 heavy (non-hydrogen) atoms. The third kappa shape index (κ3) is 2.29. The Morgan fingerprint density at radius 2 is 1.92 bits per heavy atom. The van der Waals surface area contributed by atoms with Crippen LogP contribution in [0.1, 0.15) is 6.92 Å². The van der Waals surface area contributed by atoms with Crippen molar-refractivity contribution < 1.29 is 9.90 Å². The molecule has 0 bridgehead atoms. The van der Waals surface area contributed by atoms with E-state index in [9.17, 15) is 4.79 Å². The van der Waals surface area contributed by atoms with Gasteiger partial charge in [0.2, 0.25) is 0 Å². The molecule has 0 aliphatic heterocycles. The molecule has 1 aromatic rings. The number of aliphatic hydroxyl groups is 1.